The van der Waals surface area contributed by atoms with E-state index in [2.05, 4.69) is 20.5 Å². The monoisotopic (exact) mass is 385 g/mol. The third-order valence-electron chi connectivity index (χ3n) is 4.94. The van der Waals surface area contributed by atoms with Crippen LogP contribution in [0.2, 0.25) is 0 Å². The topological polar surface area (TPSA) is 86.5 Å². The molecule has 4 heterocycles. The second-order valence-corrected chi connectivity index (χ2v) is 7.29. The second-order valence-electron chi connectivity index (χ2n) is 6.24. The zero-order valence-corrected chi connectivity index (χ0v) is 15.3. The lowest BCUT2D eigenvalue weighted by Gasteiger charge is -2.12. The molecule has 3 aromatic heterocycles. The van der Waals surface area contributed by atoms with Gasteiger partial charge < -0.3 is 10.3 Å². The third-order valence-corrected chi connectivity index (χ3v) is 6.10. The summed E-state index contributed by atoms with van der Waals surface area (Å²) in [5, 5.41) is 10.5. The molecule has 3 N–H and O–H groups in total. The fourth-order valence-electron chi connectivity index (χ4n) is 3.62. The van der Waals surface area contributed by atoms with Gasteiger partial charge in [0.2, 0.25) is 0 Å². The minimum absolute atomic E-state index is 0. The standard InChI is InChI=1S/C15H15N5OS.2ClH/c1-7-9(6-17-20-7)11-4-10-12(22-11)13(21)19-14(18-10)15-5-8(15)2-3-16-15;;/h4,6,8,16H,2-3,5H2,1H3,(H,17,20)(H,18,19,21);2*1H/t8-,15-;;/m1../s1. The van der Waals surface area contributed by atoms with Crippen molar-refractivity contribution in [1.82, 2.24) is 25.5 Å². The van der Waals surface area contributed by atoms with Crippen molar-refractivity contribution in [3.05, 3.63) is 34.1 Å². The molecule has 0 aromatic carbocycles. The molecule has 6 nitrogen and oxygen atoms in total. The number of rotatable bonds is 2. The lowest BCUT2D eigenvalue weighted by molar-refractivity contribution is 0.544. The minimum Gasteiger partial charge on any atom is -0.308 e. The van der Waals surface area contributed by atoms with Gasteiger partial charge in [0.05, 0.1) is 17.3 Å². The van der Waals surface area contributed by atoms with E-state index >= 15 is 0 Å². The SMILES string of the molecule is Cc1[nH]ncc1-c1cc2nc([C@@]34C[C@H]3CCN4)[nH]c(=O)c2s1.Cl.Cl. The molecule has 1 saturated heterocycles. The van der Waals surface area contributed by atoms with E-state index < -0.39 is 0 Å². The summed E-state index contributed by atoms with van der Waals surface area (Å²) < 4.78 is 0.686. The van der Waals surface area contributed by atoms with Crippen molar-refractivity contribution in [2.45, 2.75) is 25.3 Å². The number of aryl methyl sites for hydroxylation is 1. The number of hydrogen-bond donors (Lipinski definition) is 3. The van der Waals surface area contributed by atoms with Crippen molar-refractivity contribution < 1.29 is 0 Å². The van der Waals surface area contributed by atoms with Crippen LogP contribution in [0.3, 0.4) is 0 Å². The van der Waals surface area contributed by atoms with Crippen LogP contribution in [0.5, 0.6) is 0 Å². The number of aromatic nitrogens is 4. The van der Waals surface area contributed by atoms with Crippen molar-refractivity contribution >= 4 is 46.4 Å². The van der Waals surface area contributed by atoms with E-state index in [-0.39, 0.29) is 35.9 Å². The predicted molar refractivity (Wildman–Crippen MR) is 99.5 cm³/mol. The highest BCUT2D eigenvalue weighted by atomic mass is 35.5. The van der Waals surface area contributed by atoms with Crippen LogP contribution in [0.1, 0.15) is 24.4 Å². The highest BCUT2D eigenvalue weighted by Gasteiger charge is 2.60. The first-order valence-corrected chi connectivity index (χ1v) is 8.29. The van der Waals surface area contributed by atoms with E-state index in [0.29, 0.717) is 10.6 Å². The molecular formula is C15H17Cl2N5OS. The summed E-state index contributed by atoms with van der Waals surface area (Å²) in [6, 6.07) is 2.00. The highest BCUT2D eigenvalue weighted by molar-refractivity contribution is 7.22. The zero-order chi connectivity index (χ0) is 14.9. The average Bonchev–Trinajstić information content (AvgIpc) is 2.92. The number of fused-ring (bicyclic) bond motifs is 2. The molecule has 1 aliphatic heterocycles. The van der Waals surface area contributed by atoms with Crippen molar-refractivity contribution in [1.29, 1.82) is 0 Å². The average molecular weight is 386 g/mol. The lowest BCUT2D eigenvalue weighted by atomic mass is 10.2. The Bertz CT molecular complexity index is 964. The molecule has 1 aliphatic carbocycles. The number of aromatic amines is 2. The van der Waals surface area contributed by atoms with Crippen LogP contribution >= 0.6 is 36.2 Å². The molecule has 0 unspecified atom stereocenters. The van der Waals surface area contributed by atoms with Gasteiger partial charge in [-0.15, -0.1) is 36.2 Å². The van der Waals surface area contributed by atoms with Crippen molar-refractivity contribution in [2.24, 2.45) is 5.92 Å². The fraction of sp³-hybridized carbons (Fsp3) is 0.400. The van der Waals surface area contributed by atoms with Crippen LogP contribution in [-0.4, -0.2) is 26.7 Å². The Morgan fingerprint density at radius 1 is 1.38 bits per heavy atom. The number of nitrogens with one attached hydrogen (secondary N) is 3. The van der Waals surface area contributed by atoms with Crippen LogP contribution in [0.25, 0.3) is 20.7 Å². The van der Waals surface area contributed by atoms with E-state index in [1.54, 1.807) is 6.20 Å². The minimum atomic E-state index is -0.0684. The van der Waals surface area contributed by atoms with Gasteiger partial charge in [-0.2, -0.15) is 5.10 Å². The van der Waals surface area contributed by atoms with E-state index in [4.69, 9.17) is 4.98 Å². The number of thiophene rings is 1. The van der Waals surface area contributed by atoms with Crippen LogP contribution in [0.15, 0.2) is 17.1 Å². The Labute approximate surface area is 154 Å². The molecule has 5 rings (SSSR count). The molecule has 2 atom stereocenters. The Hall–Kier alpha value is -1.41. The summed E-state index contributed by atoms with van der Waals surface area (Å²) in [5.74, 6) is 1.43. The maximum Gasteiger partial charge on any atom is 0.268 e. The van der Waals surface area contributed by atoms with Gasteiger partial charge >= 0.3 is 0 Å². The molecule has 0 bridgehead atoms. The van der Waals surface area contributed by atoms with E-state index in [1.165, 1.54) is 17.8 Å². The summed E-state index contributed by atoms with van der Waals surface area (Å²) in [5.41, 5.74) is 2.71. The van der Waals surface area contributed by atoms with Crippen LogP contribution in [-0.2, 0) is 5.54 Å². The molecule has 3 aromatic rings. The highest BCUT2D eigenvalue weighted by Crippen LogP contribution is 2.55. The Kier molecular flexibility index (Phi) is 4.24. The quantitative estimate of drug-likeness (QED) is 0.632. The smallest absolute Gasteiger partial charge is 0.268 e. The molecule has 2 aliphatic rings. The number of halogens is 2. The third kappa shape index (κ3) is 2.30. The van der Waals surface area contributed by atoms with E-state index in [9.17, 15) is 4.79 Å². The van der Waals surface area contributed by atoms with Crippen LogP contribution in [0, 0.1) is 12.8 Å². The molecule has 1 saturated carbocycles. The molecule has 2 fully saturated rings. The summed E-state index contributed by atoms with van der Waals surface area (Å²) >= 11 is 1.47. The molecule has 0 amide bonds. The predicted octanol–water partition coefficient (Wildman–Crippen LogP) is 2.74. The van der Waals surface area contributed by atoms with E-state index in [1.807, 2.05) is 13.0 Å². The molecule has 128 valence electrons. The van der Waals surface area contributed by atoms with Crippen molar-refractivity contribution in [3.63, 3.8) is 0 Å². The summed E-state index contributed by atoms with van der Waals surface area (Å²) in [7, 11) is 0. The maximum absolute atomic E-state index is 12.4. The number of hydrogen-bond acceptors (Lipinski definition) is 5. The number of nitrogens with zero attached hydrogens (tertiary/aromatic N) is 2. The van der Waals surface area contributed by atoms with Crippen molar-refractivity contribution in [3.8, 4) is 10.4 Å². The largest absolute Gasteiger partial charge is 0.308 e. The number of piperidine rings is 1. The number of H-pyrrole nitrogens is 2. The normalized spacial score (nSPS) is 24.3. The van der Waals surface area contributed by atoms with Gasteiger partial charge in [0, 0.05) is 16.1 Å². The van der Waals surface area contributed by atoms with Gasteiger partial charge in [0.25, 0.3) is 5.56 Å². The fourth-order valence-corrected chi connectivity index (χ4v) is 4.68. The van der Waals surface area contributed by atoms with Gasteiger partial charge in [0.1, 0.15) is 10.5 Å². The first-order chi connectivity index (χ1) is 10.7. The van der Waals surface area contributed by atoms with Crippen LogP contribution in [0.4, 0.5) is 0 Å². The van der Waals surface area contributed by atoms with Gasteiger partial charge in [-0.25, -0.2) is 4.98 Å². The molecule has 24 heavy (non-hydrogen) atoms. The van der Waals surface area contributed by atoms with Gasteiger partial charge in [0.15, 0.2) is 0 Å². The Morgan fingerprint density at radius 2 is 2.21 bits per heavy atom. The summed E-state index contributed by atoms with van der Waals surface area (Å²) in [6.45, 7) is 2.99. The van der Waals surface area contributed by atoms with Gasteiger partial charge in [-0.3, -0.25) is 9.89 Å². The first-order valence-electron chi connectivity index (χ1n) is 7.47. The second kappa shape index (κ2) is 5.84. The molecular weight excluding hydrogens is 369 g/mol. The molecule has 0 spiro atoms. The Morgan fingerprint density at radius 3 is 2.83 bits per heavy atom. The zero-order valence-electron chi connectivity index (χ0n) is 12.9. The van der Waals surface area contributed by atoms with E-state index in [0.717, 1.165) is 40.4 Å². The lowest BCUT2D eigenvalue weighted by Crippen LogP contribution is -2.30. The van der Waals surface area contributed by atoms with Crippen LogP contribution < -0.4 is 10.9 Å². The van der Waals surface area contributed by atoms with Gasteiger partial charge in [-0.05, 0) is 38.3 Å². The molecule has 9 heteroatoms. The summed E-state index contributed by atoms with van der Waals surface area (Å²) in [6.07, 6.45) is 4.05. The van der Waals surface area contributed by atoms with Gasteiger partial charge in [-0.1, -0.05) is 0 Å². The maximum atomic E-state index is 12.4. The van der Waals surface area contributed by atoms with Crippen molar-refractivity contribution in [2.75, 3.05) is 6.54 Å². The molecule has 0 radical (unpaired) electrons. The summed E-state index contributed by atoms with van der Waals surface area (Å²) in [4.78, 5) is 21.2. The first kappa shape index (κ1) is 17.4. The Balaban J connectivity index is 0.000000845.